The molecular weight excluding hydrogens is 668 g/mol. The molecule has 48 heavy (non-hydrogen) atoms. The predicted molar refractivity (Wildman–Crippen MR) is 177 cm³/mol. The van der Waals surface area contributed by atoms with E-state index in [-0.39, 0.29) is 47.4 Å². The van der Waals surface area contributed by atoms with Gasteiger partial charge in [-0.05, 0) is 75.2 Å². The van der Waals surface area contributed by atoms with Crippen LogP contribution in [0.15, 0.2) is 18.5 Å². The van der Waals surface area contributed by atoms with E-state index in [0.29, 0.717) is 28.1 Å². The molecule has 0 unspecified atom stereocenters. The highest BCUT2D eigenvalue weighted by atomic mass is 35.5. The summed E-state index contributed by atoms with van der Waals surface area (Å²) in [7, 11) is -1.29. The van der Waals surface area contributed by atoms with E-state index in [1.807, 2.05) is 6.07 Å². The first-order valence-corrected chi connectivity index (χ1v) is 20.6. The molecule has 3 aliphatic rings. The van der Waals surface area contributed by atoms with Crippen LogP contribution >= 0.6 is 11.6 Å². The van der Waals surface area contributed by atoms with Crippen LogP contribution < -0.4 is 9.47 Å². The summed E-state index contributed by atoms with van der Waals surface area (Å²) in [5, 5.41) is 5.56. The van der Waals surface area contributed by atoms with Gasteiger partial charge in [0.05, 0.1) is 22.6 Å². The molecule has 9 nitrogen and oxygen atoms in total. The van der Waals surface area contributed by atoms with Crippen LogP contribution in [0.25, 0.3) is 33.1 Å². The number of hydrogen-bond donors (Lipinski definition) is 0. The van der Waals surface area contributed by atoms with Crippen LogP contribution in [0.5, 0.6) is 11.9 Å². The SMILES string of the molecule is C[Si](C)(C)CCOCn1ncc2c(-c3ncc4c(OCC(F)(F)F)nc(OCC56CCCN5CCC6)nc4c3F)c(C3CC3)c(Cl)cc21. The van der Waals surface area contributed by atoms with Crippen molar-refractivity contribution < 1.29 is 31.8 Å². The molecule has 3 fully saturated rings. The zero-order valence-corrected chi connectivity index (χ0v) is 29.1. The monoisotopic (exact) mass is 706 g/mol. The summed E-state index contributed by atoms with van der Waals surface area (Å²) in [4.78, 5) is 15.4. The molecule has 5 heterocycles. The normalized spacial score (nSPS) is 18.2. The second kappa shape index (κ2) is 12.7. The fourth-order valence-electron chi connectivity index (χ4n) is 7.03. The number of nitrogens with zero attached hydrogens (tertiary/aromatic N) is 6. The Kier molecular flexibility index (Phi) is 8.82. The van der Waals surface area contributed by atoms with Crippen LogP contribution in [0.1, 0.15) is 50.0 Å². The lowest BCUT2D eigenvalue weighted by Gasteiger charge is -2.31. The van der Waals surface area contributed by atoms with Gasteiger partial charge in [0, 0.05) is 36.8 Å². The Balaban J connectivity index is 1.30. The average Bonchev–Trinajstić information content (AvgIpc) is 3.46. The zero-order chi connectivity index (χ0) is 33.8. The molecule has 3 aromatic heterocycles. The average molecular weight is 707 g/mol. The van der Waals surface area contributed by atoms with E-state index >= 15 is 4.39 Å². The fraction of sp³-hybridized carbons (Fsp3) is 0.576. The summed E-state index contributed by atoms with van der Waals surface area (Å²) < 4.78 is 75.4. The first kappa shape index (κ1) is 33.4. The Hall–Kier alpha value is -3.07. The number of benzene rings is 1. The highest BCUT2D eigenvalue weighted by Gasteiger charge is 2.45. The summed E-state index contributed by atoms with van der Waals surface area (Å²) in [6.07, 6.45) is 3.98. The topological polar surface area (TPSA) is 87.4 Å². The molecule has 0 N–H and O–H groups in total. The maximum absolute atomic E-state index is 16.8. The molecule has 4 aromatic rings. The van der Waals surface area contributed by atoms with Crippen LogP contribution in [0.3, 0.4) is 0 Å². The standard InChI is InChI=1S/C33H39ClF4N6O3Si/c1-48(2,3)13-12-45-19-44-24-14-23(34)25(20-6-7-20)26(21(24)16-40-44)29-27(35)28-22(15-39-29)30(46-18-33(36,37)38)42-31(41-28)47-17-32-8-4-10-43(32)11-5-9-32/h14-16,20H,4-13,17-19H2,1-3H3. The van der Waals surface area contributed by atoms with E-state index in [2.05, 4.69) is 44.6 Å². The molecule has 0 atom stereocenters. The molecule has 0 bridgehead atoms. The molecule has 7 rings (SSSR count). The van der Waals surface area contributed by atoms with Gasteiger partial charge < -0.3 is 14.2 Å². The molecule has 0 amide bonds. The van der Waals surface area contributed by atoms with Crippen LogP contribution in [-0.2, 0) is 11.5 Å². The van der Waals surface area contributed by atoms with E-state index < -0.39 is 32.6 Å². The highest BCUT2D eigenvalue weighted by molar-refractivity contribution is 6.76. The summed E-state index contributed by atoms with van der Waals surface area (Å²) in [5.74, 6) is -1.16. The number of halogens is 5. The molecule has 1 aliphatic carbocycles. The van der Waals surface area contributed by atoms with Crippen LogP contribution in [0.2, 0.25) is 30.7 Å². The van der Waals surface area contributed by atoms with E-state index in [9.17, 15) is 13.2 Å². The minimum atomic E-state index is -4.64. The smallest absolute Gasteiger partial charge is 0.422 e. The lowest BCUT2D eigenvalue weighted by atomic mass is 9.95. The van der Waals surface area contributed by atoms with Gasteiger partial charge in [-0.15, -0.1) is 0 Å². The van der Waals surface area contributed by atoms with Crippen molar-refractivity contribution in [1.29, 1.82) is 0 Å². The molecule has 2 saturated heterocycles. The number of fused-ring (bicyclic) bond motifs is 3. The van der Waals surface area contributed by atoms with Crippen molar-refractivity contribution in [2.24, 2.45) is 0 Å². The van der Waals surface area contributed by atoms with Gasteiger partial charge in [0.25, 0.3) is 0 Å². The predicted octanol–water partition coefficient (Wildman–Crippen LogP) is 7.97. The Morgan fingerprint density at radius 2 is 1.79 bits per heavy atom. The summed E-state index contributed by atoms with van der Waals surface area (Å²) >= 11 is 6.89. The van der Waals surface area contributed by atoms with Gasteiger partial charge >= 0.3 is 12.2 Å². The molecule has 15 heteroatoms. The van der Waals surface area contributed by atoms with E-state index in [1.165, 1.54) is 6.20 Å². The number of alkyl halides is 3. The first-order chi connectivity index (χ1) is 22.8. The number of aromatic nitrogens is 5. The fourth-order valence-corrected chi connectivity index (χ4v) is 8.14. The maximum Gasteiger partial charge on any atom is 0.422 e. The Morgan fingerprint density at radius 1 is 1.04 bits per heavy atom. The van der Waals surface area contributed by atoms with Crippen molar-refractivity contribution in [1.82, 2.24) is 29.6 Å². The molecule has 2 aliphatic heterocycles. The molecule has 1 saturated carbocycles. The second-order valence-electron chi connectivity index (χ2n) is 14.5. The minimum absolute atomic E-state index is 0.0288. The van der Waals surface area contributed by atoms with E-state index in [1.54, 1.807) is 10.9 Å². The van der Waals surface area contributed by atoms with Gasteiger partial charge in [0.1, 0.15) is 24.5 Å². The molecular formula is C33H39ClF4N6O3Si. The summed E-state index contributed by atoms with van der Waals surface area (Å²) in [6.45, 7) is 8.19. The summed E-state index contributed by atoms with van der Waals surface area (Å²) in [6, 6.07) is 2.58. The van der Waals surface area contributed by atoms with Gasteiger partial charge in [-0.25, -0.2) is 9.07 Å². The number of ether oxygens (including phenoxy) is 3. The van der Waals surface area contributed by atoms with Crippen molar-refractivity contribution >= 4 is 41.5 Å². The van der Waals surface area contributed by atoms with Gasteiger partial charge in [0.15, 0.2) is 12.4 Å². The first-order valence-electron chi connectivity index (χ1n) is 16.5. The van der Waals surface area contributed by atoms with Gasteiger partial charge in [-0.2, -0.15) is 28.2 Å². The lowest BCUT2D eigenvalue weighted by molar-refractivity contribution is -0.153. The lowest BCUT2D eigenvalue weighted by Crippen LogP contribution is -2.43. The van der Waals surface area contributed by atoms with Gasteiger partial charge in [-0.1, -0.05) is 31.2 Å². The maximum atomic E-state index is 16.8. The molecule has 258 valence electrons. The van der Waals surface area contributed by atoms with E-state index in [0.717, 1.165) is 63.2 Å². The largest absolute Gasteiger partial charge is 0.467 e. The number of hydrogen-bond acceptors (Lipinski definition) is 8. The third-order valence-corrected chi connectivity index (χ3v) is 11.7. The van der Waals surface area contributed by atoms with Crippen molar-refractivity contribution in [2.75, 3.05) is 32.9 Å². The second-order valence-corrected chi connectivity index (χ2v) is 20.5. The van der Waals surface area contributed by atoms with Crippen molar-refractivity contribution in [3.8, 4) is 23.1 Å². The van der Waals surface area contributed by atoms with Crippen LogP contribution in [0, 0.1) is 5.82 Å². The zero-order valence-electron chi connectivity index (χ0n) is 27.3. The van der Waals surface area contributed by atoms with Crippen molar-refractivity contribution in [3.63, 3.8) is 0 Å². The molecule has 0 radical (unpaired) electrons. The third kappa shape index (κ3) is 6.73. The summed E-state index contributed by atoms with van der Waals surface area (Å²) in [5.41, 5.74) is 1.45. The van der Waals surface area contributed by atoms with Crippen molar-refractivity contribution in [2.45, 2.75) is 88.6 Å². The van der Waals surface area contributed by atoms with Crippen LogP contribution in [-0.4, -0.2) is 82.3 Å². The van der Waals surface area contributed by atoms with Crippen LogP contribution in [0.4, 0.5) is 17.6 Å². The van der Waals surface area contributed by atoms with Gasteiger partial charge in [-0.3, -0.25) is 9.88 Å². The number of pyridine rings is 1. The third-order valence-electron chi connectivity index (χ3n) is 9.65. The molecule has 0 spiro atoms. The van der Waals surface area contributed by atoms with Gasteiger partial charge in [0.2, 0.25) is 5.88 Å². The minimum Gasteiger partial charge on any atom is -0.467 e. The van der Waals surface area contributed by atoms with Crippen molar-refractivity contribution in [3.05, 3.63) is 34.9 Å². The quantitative estimate of drug-likeness (QED) is 0.0833. The Morgan fingerprint density at radius 3 is 2.48 bits per heavy atom. The van der Waals surface area contributed by atoms with E-state index in [4.69, 9.17) is 25.8 Å². The molecule has 1 aromatic carbocycles. The Labute approximate surface area is 281 Å². The number of rotatable bonds is 12. The highest BCUT2D eigenvalue weighted by Crippen LogP contribution is 2.50. The Bertz CT molecular complexity index is 1830.